The van der Waals surface area contributed by atoms with Crippen LogP contribution in [0.1, 0.15) is 23.2 Å². The van der Waals surface area contributed by atoms with Crippen molar-refractivity contribution in [2.75, 3.05) is 19.6 Å². The predicted octanol–water partition coefficient (Wildman–Crippen LogP) is 0.951. The van der Waals surface area contributed by atoms with Gasteiger partial charge in [0.1, 0.15) is 6.10 Å². The summed E-state index contributed by atoms with van der Waals surface area (Å²) in [5.41, 5.74) is 0.669. The van der Waals surface area contributed by atoms with Gasteiger partial charge in [-0.05, 0) is 31.2 Å². The summed E-state index contributed by atoms with van der Waals surface area (Å²) in [6, 6.07) is 8.50. The number of aliphatic hydroxyl groups is 1. The number of furan rings is 1. The van der Waals surface area contributed by atoms with Crippen molar-refractivity contribution in [3.05, 3.63) is 54.2 Å². The van der Waals surface area contributed by atoms with Gasteiger partial charge in [-0.2, -0.15) is 0 Å². The Morgan fingerprint density at radius 2 is 2.16 bits per heavy atom. The summed E-state index contributed by atoms with van der Waals surface area (Å²) < 4.78 is 5.14. The average molecular weight is 343 g/mol. The van der Waals surface area contributed by atoms with Gasteiger partial charge in [-0.15, -0.1) is 0 Å². The van der Waals surface area contributed by atoms with Crippen molar-refractivity contribution in [2.45, 2.75) is 25.5 Å². The Hall–Kier alpha value is -2.67. The first kappa shape index (κ1) is 17.2. The lowest BCUT2D eigenvalue weighted by Crippen LogP contribution is -2.57. The van der Waals surface area contributed by atoms with Crippen molar-refractivity contribution in [2.24, 2.45) is 0 Å². The third-order valence-corrected chi connectivity index (χ3v) is 4.34. The lowest BCUT2D eigenvalue weighted by atomic mass is 10.1. The van der Waals surface area contributed by atoms with Crippen molar-refractivity contribution in [3.8, 4) is 0 Å². The number of aliphatic hydroxyl groups excluding tert-OH is 1. The number of carbonyl (C=O) groups excluding carboxylic acids is 2. The fraction of sp³-hybridized carbons (Fsp3) is 0.389. The Morgan fingerprint density at radius 1 is 1.32 bits per heavy atom. The van der Waals surface area contributed by atoms with Crippen LogP contribution in [0.4, 0.5) is 0 Å². The lowest BCUT2D eigenvalue weighted by molar-refractivity contribution is -0.144. The molecule has 7 nitrogen and oxygen atoms in total. The number of nitrogens with zero attached hydrogens (tertiary/aromatic N) is 3. The summed E-state index contributed by atoms with van der Waals surface area (Å²) >= 11 is 0. The molecule has 1 saturated heterocycles. The maximum atomic E-state index is 12.5. The Labute approximate surface area is 145 Å². The zero-order valence-corrected chi connectivity index (χ0v) is 14.0. The second kappa shape index (κ2) is 7.48. The average Bonchev–Trinajstić information content (AvgIpc) is 3.16. The summed E-state index contributed by atoms with van der Waals surface area (Å²) in [6.07, 6.45) is 2.14. The molecule has 1 N–H and O–H groups in total. The molecule has 132 valence electrons. The predicted molar refractivity (Wildman–Crippen MR) is 89.7 cm³/mol. The van der Waals surface area contributed by atoms with Crippen LogP contribution in [0, 0.1) is 0 Å². The van der Waals surface area contributed by atoms with Crippen molar-refractivity contribution in [1.29, 1.82) is 0 Å². The van der Waals surface area contributed by atoms with Crippen LogP contribution in [0.15, 0.2) is 47.2 Å². The zero-order valence-electron chi connectivity index (χ0n) is 14.0. The first-order valence-corrected chi connectivity index (χ1v) is 8.27. The van der Waals surface area contributed by atoms with E-state index in [1.165, 1.54) is 6.26 Å². The lowest BCUT2D eigenvalue weighted by Gasteiger charge is -2.40. The van der Waals surface area contributed by atoms with Crippen LogP contribution in [-0.4, -0.2) is 63.5 Å². The molecule has 2 amide bonds. The highest BCUT2D eigenvalue weighted by atomic mass is 16.3. The second-order valence-corrected chi connectivity index (χ2v) is 6.15. The summed E-state index contributed by atoms with van der Waals surface area (Å²) in [4.78, 5) is 32.3. The molecule has 0 spiro atoms. The normalized spacial score (nSPS) is 18.9. The third-order valence-electron chi connectivity index (χ3n) is 4.34. The number of hydrogen-bond acceptors (Lipinski definition) is 5. The van der Waals surface area contributed by atoms with Gasteiger partial charge in [0.2, 0.25) is 0 Å². The van der Waals surface area contributed by atoms with E-state index in [4.69, 9.17) is 4.42 Å². The first-order valence-electron chi connectivity index (χ1n) is 8.27. The molecule has 2 aromatic heterocycles. The first-order chi connectivity index (χ1) is 12.1. The molecule has 2 unspecified atom stereocenters. The van der Waals surface area contributed by atoms with Gasteiger partial charge in [0, 0.05) is 44.0 Å². The molecular weight excluding hydrogens is 322 g/mol. The van der Waals surface area contributed by atoms with Gasteiger partial charge < -0.3 is 19.3 Å². The van der Waals surface area contributed by atoms with Gasteiger partial charge in [-0.3, -0.25) is 14.6 Å². The Balaban J connectivity index is 1.59. The fourth-order valence-corrected chi connectivity index (χ4v) is 3.02. The van der Waals surface area contributed by atoms with E-state index in [-0.39, 0.29) is 24.3 Å². The maximum Gasteiger partial charge on any atom is 0.289 e. The number of aromatic nitrogens is 1. The highest BCUT2D eigenvalue weighted by molar-refractivity contribution is 5.91. The van der Waals surface area contributed by atoms with Crippen LogP contribution in [0.3, 0.4) is 0 Å². The van der Waals surface area contributed by atoms with Gasteiger partial charge >= 0.3 is 0 Å². The minimum absolute atomic E-state index is 0.179. The molecule has 3 heterocycles. The Morgan fingerprint density at radius 3 is 2.80 bits per heavy atom. The number of pyridine rings is 1. The second-order valence-electron chi connectivity index (χ2n) is 6.15. The van der Waals surface area contributed by atoms with Gasteiger partial charge in [0.25, 0.3) is 11.8 Å². The van der Waals surface area contributed by atoms with E-state index in [9.17, 15) is 14.7 Å². The number of hydrogen-bond donors (Lipinski definition) is 1. The monoisotopic (exact) mass is 343 g/mol. The van der Waals surface area contributed by atoms with E-state index < -0.39 is 6.10 Å². The third kappa shape index (κ3) is 3.88. The van der Waals surface area contributed by atoms with Crippen LogP contribution < -0.4 is 0 Å². The maximum absolute atomic E-state index is 12.5. The van der Waals surface area contributed by atoms with E-state index in [0.29, 0.717) is 31.1 Å². The highest BCUT2D eigenvalue weighted by Gasteiger charge is 2.33. The molecule has 0 saturated carbocycles. The SMILES string of the molecule is CC1CN(C(=O)c2ccco2)CCN1C(=O)C(O)Cc1ccccn1. The van der Waals surface area contributed by atoms with Crippen LogP contribution in [0.5, 0.6) is 0 Å². The molecule has 0 bridgehead atoms. The molecule has 0 aromatic carbocycles. The van der Waals surface area contributed by atoms with Gasteiger partial charge in [-0.1, -0.05) is 6.07 Å². The number of rotatable bonds is 4. The molecule has 2 aromatic rings. The minimum Gasteiger partial charge on any atom is -0.459 e. The highest BCUT2D eigenvalue weighted by Crippen LogP contribution is 2.15. The Kier molecular flexibility index (Phi) is 5.14. The topological polar surface area (TPSA) is 86.9 Å². The molecule has 0 radical (unpaired) electrons. The molecule has 25 heavy (non-hydrogen) atoms. The van der Waals surface area contributed by atoms with E-state index in [0.717, 1.165) is 0 Å². The van der Waals surface area contributed by atoms with Gasteiger partial charge in [0.15, 0.2) is 5.76 Å². The van der Waals surface area contributed by atoms with Gasteiger partial charge in [0.05, 0.1) is 6.26 Å². The smallest absolute Gasteiger partial charge is 0.289 e. The molecule has 2 atom stereocenters. The molecule has 1 fully saturated rings. The van der Waals surface area contributed by atoms with Crippen LogP contribution in [0.2, 0.25) is 0 Å². The molecule has 7 heteroatoms. The fourth-order valence-electron chi connectivity index (χ4n) is 3.02. The van der Waals surface area contributed by atoms with E-state index in [1.54, 1.807) is 40.3 Å². The van der Waals surface area contributed by atoms with Crippen molar-refractivity contribution >= 4 is 11.8 Å². The van der Waals surface area contributed by atoms with E-state index in [1.807, 2.05) is 13.0 Å². The molecular formula is C18H21N3O4. The zero-order chi connectivity index (χ0) is 17.8. The molecule has 1 aliphatic rings. The number of carbonyl (C=O) groups is 2. The Bertz CT molecular complexity index is 717. The van der Waals surface area contributed by atoms with Crippen LogP contribution >= 0.6 is 0 Å². The number of amides is 2. The minimum atomic E-state index is -1.13. The van der Waals surface area contributed by atoms with E-state index in [2.05, 4.69) is 4.98 Å². The largest absolute Gasteiger partial charge is 0.459 e. The van der Waals surface area contributed by atoms with Crippen molar-refractivity contribution < 1.29 is 19.1 Å². The summed E-state index contributed by atoms with van der Waals surface area (Å²) in [6.45, 7) is 3.06. The van der Waals surface area contributed by atoms with Gasteiger partial charge in [-0.25, -0.2) is 0 Å². The summed E-state index contributed by atoms with van der Waals surface area (Å²) in [5, 5.41) is 10.2. The van der Waals surface area contributed by atoms with Crippen molar-refractivity contribution in [1.82, 2.24) is 14.8 Å². The molecule has 0 aliphatic carbocycles. The standard InChI is InChI=1S/C18H21N3O4/c1-13-12-20(18(24)16-6-4-10-25-16)8-9-21(13)17(23)15(22)11-14-5-2-3-7-19-14/h2-7,10,13,15,22H,8-9,11-12H2,1H3. The van der Waals surface area contributed by atoms with Crippen molar-refractivity contribution in [3.63, 3.8) is 0 Å². The summed E-state index contributed by atoms with van der Waals surface area (Å²) in [7, 11) is 0. The molecule has 3 rings (SSSR count). The number of piperazine rings is 1. The van der Waals surface area contributed by atoms with Crippen LogP contribution in [-0.2, 0) is 11.2 Å². The van der Waals surface area contributed by atoms with Crippen LogP contribution in [0.25, 0.3) is 0 Å². The quantitative estimate of drug-likeness (QED) is 0.893. The van der Waals surface area contributed by atoms with E-state index >= 15 is 0 Å². The summed E-state index contributed by atoms with van der Waals surface area (Å²) in [5.74, 6) is -0.219. The molecule has 1 aliphatic heterocycles.